The summed E-state index contributed by atoms with van der Waals surface area (Å²) < 4.78 is 0. The monoisotopic (exact) mass is 420 g/mol. The zero-order valence-corrected chi connectivity index (χ0v) is 15.8. The van der Waals surface area contributed by atoms with Crippen LogP contribution in [0, 0.1) is 11.3 Å². The lowest BCUT2D eigenvalue weighted by molar-refractivity contribution is 0.0953. The number of aromatic nitrogens is 1. The number of hydrogen-bond donors (Lipinski definition) is 1. The van der Waals surface area contributed by atoms with Gasteiger partial charge in [-0.3, -0.25) is 9.59 Å². The van der Waals surface area contributed by atoms with Gasteiger partial charge in [0.05, 0.1) is 11.3 Å². The molecule has 0 atom stereocenters. The highest BCUT2D eigenvalue weighted by Gasteiger charge is 2.24. The molecule has 1 N–H and O–H groups in total. The van der Waals surface area contributed by atoms with Crippen molar-refractivity contribution in [2.75, 3.05) is 5.83 Å². The van der Waals surface area contributed by atoms with Crippen LogP contribution < -0.4 is 16.3 Å². The third kappa shape index (κ3) is 3.23. The summed E-state index contributed by atoms with van der Waals surface area (Å²) >= 11 is 2.94. The molecule has 1 aliphatic heterocycles. The van der Waals surface area contributed by atoms with Crippen LogP contribution in [0.1, 0.15) is 15.9 Å². The van der Waals surface area contributed by atoms with Crippen LogP contribution in [-0.4, -0.2) is 16.7 Å². The maximum absolute atomic E-state index is 12.5. The molecule has 1 amide bonds. The highest BCUT2D eigenvalue weighted by Crippen LogP contribution is 2.28. The van der Waals surface area contributed by atoms with Gasteiger partial charge in [-0.1, -0.05) is 58.4 Å². The Balaban J connectivity index is 0.00000102. The molecule has 7 heteroatoms. The van der Waals surface area contributed by atoms with E-state index in [2.05, 4.69) is 31.4 Å². The number of fused-ring (bicyclic) bond motifs is 3. The van der Waals surface area contributed by atoms with E-state index < -0.39 is 5.91 Å². The Labute approximate surface area is 163 Å². The molecule has 0 saturated carbocycles. The highest BCUT2D eigenvalue weighted by atomic mass is 79.9. The van der Waals surface area contributed by atoms with E-state index in [0.29, 0.717) is 22.0 Å². The summed E-state index contributed by atoms with van der Waals surface area (Å²) in [5.41, 5.74) is 3.37. The van der Waals surface area contributed by atoms with Crippen molar-refractivity contribution in [2.24, 2.45) is 5.10 Å². The number of nitrogens with one attached hydrogen (secondary N) is 1. The van der Waals surface area contributed by atoms with Gasteiger partial charge in [0.25, 0.3) is 5.91 Å². The van der Waals surface area contributed by atoms with Crippen molar-refractivity contribution in [2.45, 2.75) is 0 Å². The van der Waals surface area contributed by atoms with Crippen LogP contribution in [-0.2, 0) is 0 Å². The van der Waals surface area contributed by atoms with Crippen molar-refractivity contribution in [3.05, 3.63) is 81.4 Å². The number of halogens is 1. The van der Waals surface area contributed by atoms with Gasteiger partial charge >= 0.3 is 0 Å². The predicted octanol–water partition coefficient (Wildman–Crippen LogP) is 2.70. The Morgan fingerprint density at radius 2 is 1.70 bits per heavy atom. The molecular weight excluding hydrogens is 408 g/mol. The smallest absolute Gasteiger partial charge is 0.271 e. The van der Waals surface area contributed by atoms with E-state index in [1.165, 1.54) is 0 Å². The van der Waals surface area contributed by atoms with Crippen LogP contribution in [0.3, 0.4) is 0 Å². The van der Waals surface area contributed by atoms with Crippen molar-refractivity contribution < 1.29 is 4.79 Å². The number of nitrogens with zero attached hydrogens (tertiary/aromatic N) is 3. The summed E-state index contributed by atoms with van der Waals surface area (Å²) in [7, 11) is 0. The average molecular weight is 421 g/mol. The maximum atomic E-state index is 12.5. The second kappa shape index (κ2) is 7.89. The van der Waals surface area contributed by atoms with Gasteiger partial charge in [-0.2, -0.15) is 10.4 Å². The van der Waals surface area contributed by atoms with E-state index in [4.69, 9.17) is 0 Å². The molecule has 2 aromatic rings. The van der Waals surface area contributed by atoms with Gasteiger partial charge in [0.15, 0.2) is 10.9 Å². The number of rotatable bonds is 2. The predicted molar refractivity (Wildman–Crippen MR) is 106 cm³/mol. The van der Waals surface area contributed by atoms with Gasteiger partial charge in [0, 0.05) is 16.3 Å². The number of hydrogen-bond acceptors (Lipinski definition) is 5. The third-order valence-electron chi connectivity index (χ3n) is 3.99. The van der Waals surface area contributed by atoms with E-state index in [-0.39, 0.29) is 22.0 Å². The summed E-state index contributed by atoms with van der Waals surface area (Å²) in [6.45, 7) is 0. The fourth-order valence-corrected chi connectivity index (χ4v) is 2.83. The maximum Gasteiger partial charge on any atom is 0.271 e. The van der Waals surface area contributed by atoms with Crippen molar-refractivity contribution in [3.63, 3.8) is 0 Å². The number of carbonyl (C=O) groups excluding carboxylic acids is 1. The number of benzene rings is 2. The molecule has 0 bridgehead atoms. The number of nitriles is 1. The molecule has 27 heavy (non-hydrogen) atoms. The Morgan fingerprint density at radius 1 is 1.07 bits per heavy atom. The molecule has 1 aliphatic carbocycles. The standard InChI is InChI=1S/C19H10N4O2.CH3Br/c20-10-14-15-16(12-8-4-5-9-13(12)17(15)24)21-18(14)22-23-19(25)11-6-2-1-3-7-11;1-2/h1-9H,(H,23,25);1H3/b22-18+;. The Hall–Kier alpha value is -3.37. The molecule has 0 unspecified atom stereocenters. The molecule has 0 fully saturated rings. The van der Waals surface area contributed by atoms with Gasteiger partial charge in [-0.15, -0.1) is 0 Å². The zero-order valence-electron chi connectivity index (χ0n) is 14.2. The first kappa shape index (κ1) is 18.4. The molecule has 132 valence electrons. The van der Waals surface area contributed by atoms with Crippen molar-refractivity contribution in [1.29, 1.82) is 5.26 Å². The average Bonchev–Trinajstić information content (AvgIpc) is 3.24. The minimum Gasteiger partial charge on any atom is -0.288 e. The highest BCUT2D eigenvalue weighted by molar-refractivity contribution is 9.08. The molecule has 0 saturated heterocycles. The molecule has 2 aromatic carbocycles. The van der Waals surface area contributed by atoms with Crippen molar-refractivity contribution in [3.8, 4) is 17.3 Å². The molecular formula is C20H13BrN4O2. The van der Waals surface area contributed by atoms with E-state index in [1.807, 2.05) is 11.9 Å². The quantitative estimate of drug-likeness (QED) is 0.398. The van der Waals surface area contributed by atoms with E-state index in [0.717, 1.165) is 0 Å². The van der Waals surface area contributed by atoms with Gasteiger partial charge < -0.3 is 0 Å². The fraction of sp³-hybridized carbons (Fsp3) is 0.0500. The summed E-state index contributed by atoms with van der Waals surface area (Å²) in [5.74, 6) is 1.40. The Kier molecular flexibility index (Phi) is 5.38. The normalized spacial score (nSPS) is 11.1. The second-order valence-electron chi connectivity index (χ2n) is 5.44. The molecule has 1 heterocycles. The SMILES string of the molecule is CBr.N#Cc1c2c(=O)c3ccccc3c-2n/c1=N/NC(=O)c1ccccc1. The van der Waals surface area contributed by atoms with Crippen LogP contribution in [0.2, 0.25) is 0 Å². The van der Waals surface area contributed by atoms with E-state index in [9.17, 15) is 14.9 Å². The molecule has 2 aliphatic rings. The summed E-state index contributed by atoms with van der Waals surface area (Å²) in [6, 6.07) is 17.6. The Morgan fingerprint density at radius 3 is 2.37 bits per heavy atom. The van der Waals surface area contributed by atoms with Crippen LogP contribution >= 0.6 is 15.9 Å². The van der Waals surface area contributed by atoms with Crippen LogP contribution in [0.15, 0.2) is 64.5 Å². The number of amides is 1. The van der Waals surface area contributed by atoms with E-state index in [1.54, 1.807) is 54.6 Å². The van der Waals surface area contributed by atoms with E-state index >= 15 is 0 Å². The summed E-state index contributed by atoms with van der Waals surface area (Å²) in [6.07, 6.45) is 0. The van der Waals surface area contributed by atoms with Crippen LogP contribution in [0.25, 0.3) is 22.0 Å². The summed E-state index contributed by atoms with van der Waals surface area (Å²) in [4.78, 5) is 28.9. The van der Waals surface area contributed by atoms with Crippen LogP contribution in [0.4, 0.5) is 0 Å². The fourth-order valence-electron chi connectivity index (χ4n) is 2.83. The first-order valence-corrected chi connectivity index (χ1v) is 9.48. The van der Waals surface area contributed by atoms with Gasteiger partial charge in [-0.25, -0.2) is 10.4 Å². The van der Waals surface area contributed by atoms with Gasteiger partial charge in [0.1, 0.15) is 11.6 Å². The molecule has 6 nitrogen and oxygen atoms in total. The summed E-state index contributed by atoms with van der Waals surface area (Å²) in [5, 5.41) is 14.6. The zero-order chi connectivity index (χ0) is 19.4. The number of carbonyl (C=O) groups is 1. The largest absolute Gasteiger partial charge is 0.288 e. The van der Waals surface area contributed by atoms with Gasteiger partial charge in [0.2, 0.25) is 0 Å². The first-order valence-electron chi connectivity index (χ1n) is 7.89. The van der Waals surface area contributed by atoms with Crippen LogP contribution in [0.5, 0.6) is 0 Å². The lowest BCUT2D eigenvalue weighted by atomic mass is 10.2. The second-order valence-corrected chi connectivity index (χ2v) is 5.44. The Bertz CT molecular complexity index is 1220. The lowest BCUT2D eigenvalue weighted by Gasteiger charge is -1.97. The topological polar surface area (TPSA) is 95.2 Å². The van der Waals surface area contributed by atoms with Crippen molar-refractivity contribution in [1.82, 2.24) is 10.4 Å². The minimum atomic E-state index is -0.417. The molecule has 0 spiro atoms. The van der Waals surface area contributed by atoms with Gasteiger partial charge in [-0.05, 0) is 18.0 Å². The minimum absolute atomic E-state index is 0.0413. The molecule has 0 aromatic heterocycles. The number of alkyl halides is 1. The third-order valence-corrected chi connectivity index (χ3v) is 3.99. The molecule has 4 rings (SSSR count). The first-order chi connectivity index (χ1) is 13.2. The lowest BCUT2D eigenvalue weighted by Crippen LogP contribution is -2.22. The molecule has 0 radical (unpaired) electrons. The van der Waals surface area contributed by atoms with Crippen molar-refractivity contribution >= 4 is 32.6 Å².